The van der Waals surface area contributed by atoms with Gasteiger partial charge in [-0.25, -0.2) is 0 Å². The average molecular weight is 199 g/mol. The van der Waals surface area contributed by atoms with Crippen LogP contribution in [-0.2, 0) is 4.79 Å². The SMILES string of the molecule is C=CC(C)CCCC(C)C(N)C(=O)O. The maximum absolute atomic E-state index is 10.6. The van der Waals surface area contributed by atoms with Gasteiger partial charge in [-0.2, -0.15) is 0 Å². The molecule has 3 heteroatoms. The Morgan fingerprint density at radius 2 is 2.07 bits per heavy atom. The minimum absolute atomic E-state index is 0.0458. The molecule has 0 saturated heterocycles. The molecule has 3 nitrogen and oxygen atoms in total. The summed E-state index contributed by atoms with van der Waals surface area (Å²) in [5.41, 5.74) is 5.49. The van der Waals surface area contributed by atoms with E-state index in [4.69, 9.17) is 10.8 Å². The van der Waals surface area contributed by atoms with E-state index in [-0.39, 0.29) is 5.92 Å². The molecule has 3 atom stereocenters. The molecule has 0 spiro atoms. The molecule has 0 fully saturated rings. The second-order valence-electron chi connectivity index (χ2n) is 3.99. The van der Waals surface area contributed by atoms with Gasteiger partial charge < -0.3 is 10.8 Å². The van der Waals surface area contributed by atoms with Gasteiger partial charge in [-0.3, -0.25) is 4.79 Å². The van der Waals surface area contributed by atoms with Gasteiger partial charge in [0, 0.05) is 0 Å². The maximum atomic E-state index is 10.6. The van der Waals surface area contributed by atoms with E-state index in [1.54, 1.807) is 0 Å². The van der Waals surface area contributed by atoms with Crippen molar-refractivity contribution in [1.29, 1.82) is 0 Å². The molecular weight excluding hydrogens is 178 g/mol. The quantitative estimate of drug-likeness (QED) is 0.617. The standard InChI is InChI=1S/C11H21NO2/c1-4-8(2)6-5-7-9(3)10(12)11(13)14/h4,8-10H,1,5-7,12H2,2-3H3,(H,13,14). The molecule has 82 valence electrons. The third-order valence-corrected chi connectivity index (χ3v) is 2.62. The van der Waals surface area contributed by atoms with Crippen molar-refractivity contribution in [2.75, 3.05) is 0 Å². The van der Waals surface area contributed by atoms with Gasteiger partial charge in [-0.05, 0) is 24.7 Å². The molecule has 0 aliphatic carbocycles. The van der Waals surface area contributed by atoms with Crippen molar-refractivity contribution < 1.29 is 9.90 Å². The van der Waals surface area contributed by atoms with Crippen molar-refractivity contribution in [3.05, 3.63) is 12.7 Å². The summed E-state index contributed by atoms with van der Waals surface area (Å²) in [6.07, 6.45) is 4.85. The lowest BCUT2D eigenvalue weighted by Crippen LogP contribution is -2.36. The molecule has 0 bridgehead atoms. The summed E-state index contributed by atoms with van der Waals surface area (Å²) in [5, 5.41) is 8.67. The van der Waals surface area contributed by atoms with E-state index in [9.17, 15) is 4.79 Å². The molecule has 0 aliphatic rings. The van der Waals surface area contributed by atoms with E-state index in [2.05, 4.69) is 13.5 Å². The number of hydrogen-bond donors (Lipinski definition) is 2. The van der Waals surface area contributed by atoms with E-state index in [0.29, 0.717) is 5.92 Å². The molecule has 0 aromatic heterocycles. The van der Waals surface area contributed by atoms with Gasteiger partial charge in [0.2, 0.25) is 0 Å². The highest BCUT2D eigenvalue weighted by Crippen LogP contribution is 2.15. The number of rotatable bonds is 7. The van der Waals surface area contributed by atoms with Crippen LogP contribution in [0.25, 0.3) is 0 Å². The molecule has 3 N–H and O–H groups in total. The molecule has 0 aromatic rings. The number of hydrogen-bond acceptors (Lipinski definition) is 2. The second-order valence-corrected chi connectivity index (χ2v) is 3.99. The van der Waals surface area contributed by atoms with Crippen molar-refractivity contribution in [3.63, 3.8) is 0 Å². The number of nitrogens with two attached hydrogens (primary N) is 1. The first-order chi connectivity index (χ1) is 6.49. The van der Waals surface area contributed by atoms with Gasteiger partial charge in [-0.15, -0.1) is 6.58 Å². The zero-order valence-corrected chi connectivity index (χ0v) is 9.07. The first-order valence-electron chi connectivity index (χ1n) is 5.10. The van der Waals surface area contributed by atoms with Crippen molar-refractivity contribution >= 4 is 5.97 Å². The number of carbonyl (C=O) groups is 1. The smallest absolute Gasteiger partial charge is 0.320 e. The van der Waals surface area contributed by atoms with Gasteiger partial charge in [0.15, 0.2) is 0 Å². The average Bonchev–Trinajstić information content (AvgIpc) is 2.15. The lowest BCUT2D eigenvalue weighted by molar-refractivity contribution is -0.139. The second kappa shape index (κ2) is 6.60. The summed E-state index contributed by atoms with van der Waals surface area (Å²) in [4.78, 5) is 10.6. The van der Waals surface area contributed by atoms with Crippen LogP contribution in [0.15, 0.2) is 12.7 Å². The van der Waals surface area contributed by atoms with Gasteiger partial charge in [0.25, 0.3) is 0 Å². The first kappa shape index (κ1) is 13.2. The normalized spacial score (nSPS) is 17.1. The van der Waals surface area contributed by atoms with Crippen LogP contribution in [0.4, 0.5) is 0 Å². The fourth-order valence-corrected chi connectivity index (χ4v) is 1.30. The van der Waals surface area contributed by atoms with Gasteiger partial charge in [-0.1, -0.05) is 26.3 Å². The Kier molecular flexibility index (Phi) is 6.21. The van der Waals surface area contributed by atoms with E-state index in [1.807, 2.05) is 13.0 Å². The third-order valence-electron chi connectivity index (χ3n) is 2.62. The van der Waals surface area contributed by atoms with Crippen LogP contribution in [0.1, 0.15) is 33.1 Å². The third kappa shape index (κ3) is 5.02. The van der Waals surface area contributed by atoms with Gasteiger partial charge >= 0.3 is 5.97 Å². The molecular formula is C11H21NO2. The van der Waals surface area contributed by atoms with Crippen LogP contribution in [0.3, 0.4) is 0 Å². The molecule has 0 radical (unpaired) electrons. The van der Waals surface area contributed by atoms with Crippen LogP contribution in [0, 0.1) is 11.8 Å². The van der Waals surface area contributed by atoms with E-state index >= 15 is 0 Å². The molecule has 3 unspecified atom stereocenters. The molecule has 0 rings (SSSR count). The summed E-state index contributed by atoms with van der Waals surface area (Å²) in [6, 6.07) is -0.728. The van der Waals surface area contributed by atoms with Crippen LogP contribution >= 0.6 is 0 Å². The highest BCUT2D eigenvalue weighted by Gasteiger charge is 2.19. The molecule has 0 amide bonds. The minimum Gasteiger partial charge on any atom is -0.480 e. The summed E-state index contributed by atoms with van der Waals surface area (Å²) < 4.78 is 0. The zero-order valence-electron chi connectivity index (χ0n) is 9.07. The first-order valence-corrected chi connectivity index (χ1v) is 5.10. The van der Waals surface area contributed by atoms with Crippen LogP contribution < -0.4 is 5.73 Å². The van der Waals surface area contributed by atoms with Crippen molar-refractivity contribution in [2.24, 2.45) is 17.6 Å². The van der Waals surface area contributed by atoms with Crippen molar-refractivity contribution in [2.45, 2.75) is 39.2 Å². The van der Waals surface area contributed by atoms with Gasteiger partial charge in [0.05, 0.1) is 0 Å². The predicted molar refractivity (Wildman–Crippen MR) is 58.0 cm³/mol. The van der Waals surface area contributed by atoms with E-state index in [1.165, 1.54) is 0 Å². The number of carboxylic acid groups (broad SMARTS) is 1. The highest BCUT2D eigenvalue weighted by molar-refractivity contribution is 5.73. The lowest BCUT2D eigenvalue weighted by atomic mass is 9.94. The molecule has 0 aromatic carbocycles. The van der Waals surface area contributed by atoms with Crippen LogP contribution in [0.5, 0.6) is 0 Å². The molecule has 0 saturated carbocycles. The Balaban J connectivity index is 3.68. The summed E-state index contributed by atoms with van der Waals surface area (Å²) in [5.74, 6) is -0.359. The Labute approximate surface area is 86.0 Å². The van der Waals surface area contributed by atoms with Gasteiger partial charge in [0.1, 0.15) is 6.04 Å². The summed E-state index contributed by atoms with van der Waals surface area (Å²) in [7, 11) is 0. The van der Waals surface area contributed by atoms with Crippen LogP contribution in [0.2, 0.25) is 0 Å². The monoisotopic (exact) mass is 199 g/mol. The fraction of sp³-hybridized carbons (Fsp3) is 0.727. The Morgan fingerprint density at radius 3 is 2.50 bits per heavy atom. The zero-order chi connectivity index (χ0) is 11.1. The van der Waals surface area contributed by atoms with E-state index < -0.39 is 12.0 Å². The number of allylic oxidation sites excluding steroid dienone is 1. The predicted octanol–water partition coefficient (Wildman–Crippen LogP) is 2.03. The Bertz CT molecular complexity index is 192. The Morgan fingerprint density at radius 1 is 1.50 bits per heavy atom. The van der Waals surface area contributed by atoms with Crippen molar-refractivity contribution in [3.8, 4) is 0 Å². The Hall–Kier alpha value is -0.830. The summed E-state index contributed by atoms with van der Waals surface area (Å²) in [6.45, 7) is 7.70. The largest absolute Gasteiger partial charge is 0.480 e. The minimum atomic E-state index is -0.908. The topological polar surface area (TPSA) is 63.3 Å². The summed E-state index contributed by atoms with van der Waals surface area (Å²) >= 11 is 0. The number of aliphatic carboxylic acids is 1. The molecule has 14 heavy (non-hydrogen) atoms. The van der Waals surface area contributed by atoms with Crippen LogP contribution in [-0.4, -0.2) is 17.1 Å². The maximum Gasteiger partial charge on any atom is 0.320 e. The molecule has 0 heterocycles. The highest BCUT2D eigenvalue weighted by atomic mass is 16.4. The van der Waals surface area contributed by atoms with E-state index in [0.717, 1.165) is 19.3 Å². The molecule has 0 aliphatic heterocycles. The fourth-order valence-electron chi connectivity index (χ4n) is 1.30. The lowest BCUT2D eigenvalue weighted by Gasteiger charge is -2.16. The van der Waals surface area contributed by atoms with Crippen molar-refractivity contribution in [1.82, 2.24) is 0 Å². The number of carboxylic acids is 1.